The van der Waals surface area contributed by atoms with Crippen LogP contribution in [0.2, 0.25) is 5.02 Å². The average molecular weight is 330 g/mol. The van der Waals surface area contributed by atoms with E-state index in [1.807, 2.05) is 61.5 Å². The van der Waals surface area contributed by atoms with Crippen LogP contribution in [0.3, 0.4) is 0 Å². The van der Waals surface area contributed by atoms with Crippen LogP contribution in [0.25, 0.3) is 0 Å². The van der Waals surface area contributed by atoms with E-state index in [9.17, 15) is 4.79 Å². The van der Waals surface area contributed by atoms with Gasteiger partial charge in [-0.2, -0.15) is 0 Å². The Bertz CT molecular complexity index is 677. The second-order valence-corrected chi connectivity index (χ2v) is 6.24. The Kier molecular flexibility index (Phi) is 4.96. The Hall–Kier alpha value is -1.88. The van der Waals surface area contributed by atoms with Gasteiger partial charge >= 0.3 is 0 Å². The highest BCUT2D eigenvalue weighted by Crippen LogP contribution is 2.27. The Morgan fingerprint density at radius 1 is 1.22 bits per heavy atom. The fraction of sp³-hybridized carbons (Fsp3) is 0.278. The van der Waals surface area contributed by atoms with Gasteiger partial charge in [0.15, 0.2) is 0 Å². The number of nitrogens with one attached hydrogen (secondary N) is 3. The van der Waals surface area contributed by atoms with E-state index in [-0.39, 0.29) is 23.9 Å². The summed E-state index contributed by atoms with van der Waals surface area (Å²) in [6.07, 6.45) is 0. The molecule has 0 spiro atoms. The van der Waals surface area contributed by atoms with Crippen molar-refractivity contribution in [1.82, 2.24) is 16.2 Å². The summed E-state index contributed by atoms with van der Waals surface area (Å²) in [7, 11) is 0. The van der Waals surface area contributed by atoms with E-state index in [0.717, 1.165) is 11.1 Å². The van der Waals surface area contributed by atoms with Crippen molar-refractivity contribution in [2.24, 2.45) is 5.92 Å². The van der Waals surface area contributed by atoms with E-state index in [0.29, 0.717) is 11.6 Å². The second kappa shape index (κ2) is 7.13. The number of halogens is 1. The summed E-state index contributed by atoms with van der Waals surface area (Å²) in [5.41, 5.74) is 8.36. The molecular formula is C18H20ClN3O. The Labute approximate surface area is 141 Å². The maximum Gasteiger partial charge on any atom is 0.226 e. The predicted octanol–water partition coefficient (Wildman–Crippen LogP) is 2.98. The number of rotatable bonds is 4. The van der Waals surface area contributed by atoms with Crippen LogP contribution in [0.1, 0.15) is 30.1 Å². The van der Waals surface area contributed by atoms with Crippen molar-refractivity contribution in [3.05, 3.63) is 70.7 Å². The van der Waals surface area contributed by atoms with Crippen molar-refractivity contribution < 1.29 is 4.79 Å². The summed E-state index contributed by atoms with van der Waals surface area (Å²) in [5, 5.41) is 3.77. The zero-order chi connectivity index (χ0) is 16.2. The first kappa shape index (κ1) is 16.0. The van der Waals surface area contributed by atoms with E-state index in [1.54, 1.807) is 0 Å². The molecule has 3 unspecified atom stereocenters. The first-order valence-corrected chi connectivity index (χ1v) is 8.12. The van der Waals surface area contributed by atoms with Gasteiger partial charge in [0, 0.05) is 11.6 Å². The molecule has 0 aromatic heterocycles. The first-order chi connectivity index (χ1) is 11.1. The van der Waals surface area contributed by atoms with E-state index in [1.165, 1.54) is 0 Å². The normalized spacial score (nSPS) is 21.8. The summed E-state index contributed by atoms with van der Waals surface area (Å²) < 4.78 is 0. The van der Waals surface area contributed by atoms with Crippen LogP contribution < -0.4 is 16.2 Å². The minimum atomic E-state index is -0.181. The molecule has 1 heterocycles. The van der Waals surface area contributed by atoms with Gasteiger partial charge in [0.1, 0.15) is 0 Å². The van der Waals surface area contributed by atoms with Crippen LogP contribution in [0.5, 0.6) is 0 Å². The van der Waals surface area contributed by atoms with Gasteiger partial charge in [-0.1, -0.05) is 54.1 Å². The molecule has 4 nitrogen and oxygen atoms in total. The Morgan fingerprint density at radius 3 is 2.74 bits per heavy atom. The molecule has 0 bridgehead atoms. The van der Waals surface area contributed by atoms with E-state index >= 15 is 0 Å². The standard InChI is InChI=1S/C18H20ClN3O/c1-12(13-6-3-2-4-7-13)21-18(23)16-11-20-22-17(16)14-8-5-9-15(19)10-14/h2-10,12,16-17,20,22H,11H2,1H3,(H,21,23). The van der Waals surface area contributed by atoms with E-state index in [2.05, 4.69) is 16.2 Å². The third kappa shape index (κ3) is 3.72. The molecule has 2 aromatic rings. The summed E-state index contributed by atoms with van der Waals surface area (Å²) in [4.78, 5) is 12.7. The third-order valence-corrected chi connectivity index (χ3v) is 4.42. The molecule has 3 atom stereocenters. The van der Waals surface area contributed by atoms with Crippen molar-refractivity contribution in [3.8, 4) is 0 Å². The van der Waals surface area contributed by atoms with Crippen molar-refractivity contribution in [1.29, 1.82) is 0 Å². The molecule has 3 rings (SSSR count). The van der Waals surface area contributed by atoms with Crippen LogP contribution >= 0.6 is 11.6 Å². The lowest BCUT2D eigenvalue weighted by Gasteiger charge is -2.21. The summed E-state index contributed by atoms with van der Waals surface area (Å²) >= 11 is 6.07. The smallest absolute Gasteiger partial charge is 0.226 e. The van der Waals surface area contributed by atoms with Crippen LogP contribution in [0.4, 0.5) is 0 Å². The summed E-state index contributed by atoms with van der Waals surface area (Å²) in [6.45, 7) is 2.59. The number of hydrogen-bond donors (Lipinski definition) is 3. The molecule has 1 fully saturated rings. The van der Waals surface area contributed by atoms with Crippen LogP contribution in [-0.2, 0) is 4.79 Å². The lowest BCUT2D eigenvalue weighted by molar-refractivity contribution is -0.125. The van der Waals surface area contributed by atoms with Crippen LogP contribution in [-0.4, -0.2) is 12.5 Å². The zero-order valence-electron chi connectivity index (χ0n) is 12.9. The zero-order valence-corrected chi connectivity index (χ0v) is 13.7. The Balaban J connectivity index is 1.71. The Morgan fingerprint density at radius 2 is 2.00 bits per heavy atom. The van der Waals surface area contributed by atoms with Crippen molar-refractivity contribution in [3.63, 3.8) is 0 Å². The van der Waals surface area contributed by atoms with Gasteiger partial charge in [-0.15, -0.1) is 0 Å². The molecule has 120 valence electrons. The minimum absolute atomic E-state index is 0.0238. The molecule has 3 N–H and O–H groups in total. The summed E-state index contributed by atoms with van der Waals surface area (Å²) in [5.74, 6) is -0.150. The largest absolute Gasteiger partial charge is 0.349 e. The van der Waals surface area contributed by atoms with Crippen molar-refractivity contribution in [2.75, 3.05) is 6.54 Å². The van der Waals surface area contributed by atoms with Gasteiger partial charge in [-0.3, -0.25) is 10.2 Å². The van der Waals surface area contributed by atoms with Gasteiger partial charge < -0.3 is 5.32 Å². The highest BCUT2D eigenvalue weighted by molar-refractivity contribution is 6.30. The molecule has 1 amide bonds. The maximum absolute atomic E-state index is 12.7. The fourth-order valence-electron chi connectivity index (χ4n) is 2.90. The third-order valence-electron chi connectivity index (χ3n) is 4.18. The van der Waals surface area contributed by atoms with Crippen molar-refractivity contribution in [2.45, 2.75) is 19.0 Å². The van der Waals surface area contributed by atoms with Gasteiger partial charge in [-0.05, 0) is 30.2 Å². The van der Waals surface area contributed by atoms with E-state index in [4.69, 9.17) is 11.6 Å². The fourth-order valence-corrected chi connectivity index (χ4v) is 3.10. The molecule has 1 aliphatic rings. The number of hydrazine groups is 1. The molecular weight excluding hydrogens is 310 g/mol. The van der Waals surface area contributed by atoms with Gasteiger partial charge in [0.05, 0.1) is 18.0 Å². The van der Waals surface area contributed by atoms with Gasteiger partial charge in [-0.25, -0.2) is 5.43 Å². The lowest BCUT2D eigenvalue weighted by Crippen LogP contribution is -2.36. The van der Waals surface area contributed by atoms with Crippen LogP contribution in [0, 0.1) is 5.92 Å². The predicted molar refractivity (Wildman–Crippen MR) is 91.8 cm³/mol. The second-order valence-electron chi connectivity index (χ2n) is 5.81. The van der Waals surface area contributed by atoms with Gasteiger partial charge in [0.25, 0.3) is 0 Å². The first-order valence-electron chi connectivity index (χ1n) is 7.74. The van der Waals surface area contributed by atoms with E-state index < -0.39 is 0 Å². The molecule has 0 radical (unpaired) electrons. The number of hydrogen-bond acceptors (Lipinski definition) is 3. The molecule has 1 saturated heterocycles. The highest BCUT2D eigenvalue weighted by atomic mass is 35.5. The molecule has 0 saturated carbocycles. The van der Waals surface area contributed by atoms with Crippen LogP contribution in [0.15, 0.2) is 54.6 Å². The number of carbonyl (C=O) groups is 1. The quantitative estimate of drug-likeness (QED) is 0.808. The topological polar surface area (TPSA) is 53.2 Å². The lowest BCUT2D eigenvalue weighted by atomic mass is 9.93. The SMILES string of the molecule is CC(NC(=O)C1CNNC1c1cccc(Cl)c1)c1ccccc1. The number of amides is 1. The molecule has 2 aromatic carbocycles. The molecule has 5 heteroatoms. The van der Waals surface area contributed by atoms with Crippen molar-refractivity contribution >= 4 is 17.5 Å². The van der Waals surface area contributed by atoms with Gasteiger partial charge in [0.2, 0.25) is 5.91 Å². The average Bonchev–Trinajstić information content (AvgIpc) is 3.05. The summed E-state index contributed by atoms with van der Waals surface area (Å²) in [6, 6.07) is 17.5. The molecule has 0 aliphatic carbocycles. The minimum Gasteiger partial charge on any atom is -0.349 e. The highest BCUT2D eigenvalue weighted by Gasteiger charge is 2.34. The monoisotopic (exact) mass is 329 g/mol. The maximum atomic E-state index is 12.7. The number of carbonyl (C=O) groups excluding carboxylic acids is 1. The number of benzene rings is 2. The molecule has 23 heavy (non-hydrogen) atoms. The molecule has 1 aliphatic heterocycles.